The minimum absolute atomic E-state index is 0.123. The van der Waals surface area contributed by atoms with Gasteiger partial charge in [0.05, 0.1) is 22.2 Å². The number of nitrogens with one attached hydrogen (secondary N) is 1. The highest BCUT2D eigenvalue weighted by Crippen LogP contribution is 2.16. The van der Waals surface area contributed by atoms with E-state index in [2.05, 4.69) is 10.3 Å². The van der Waals surface area contributed by atoms with Gasteiger partial charge in [0.15, 0.2) is 0 Å². The Morgan fingerprint density at radius 2 is 2.23 bits per heavy atom. The fraction of sp³-hybridized carbons (Fsp3) is 0.357. The lowest BCUT2D eigenvalue weighted by atomic mass is 10.2. The van der Waals surface area contributed by atoms with Crippen LogP contribution in [0.3, 0.4) is 0 Å². The summed E-state index contributed by atoms with van der Waals surface area (Å²) in [5, 5.41) is 13.7. The van der Waals surface area contributed by atoms with Crippen LogP contribution in [0.5, 0.6) is 0 Å². The van der Waals surface area contributed by atoms with E-state index < -0.39 is 10.5 Å². The van der Waals surface area contributed by atoms with E-state index in [1.807, 2.05) is 6.92 Å². The number of nitrogens with zero attached hydrogens (tertiary/aromatic N) is 3. The van der Waals surface area contributed by atoms with Crippen LogP contribution in [-0.2, 0) is 11.3 Å². The highest BCUT2D eigenvalue weighted by molar-refractivity contribution is 5.80. The van der Waals surface area contributed by atoms with Crippen molar-refractivity contribution >= 4 is 22.5 Å². The van der Waals surface area contributed by atoms with Crippen molar-refractivity contribution < 1.29 is 9.72 Å². The van der Waals surface area contributed by atoms with E-state index >= 15 is 0 Å². The number of hydrogen-bond acceptors (Lipinski definition) is 5. The summed E-state index contributed by atoms with van der Waals surface area (Å²) in [5.74, 6) is -0.265. The molecule has 2 rings (SSSR count). The molecule has 0 saturated carbocycles. The summed E-state index contributed by atoms with van der Waals surface area (Å²) in [6.07, 6.45) is 3.07. The average molecular weight is 304 g/mol. The highest BCUT2D eigenvalue weighted by Gasteiger charge is 2.11. The average Bonchev–Trinajstić information content (AvgIpc) is 2.50. The number of nitro benzene ring substituents is 1. The first-order valence-corrected chi connectivity index (χ1v) is 6.93. The maximum absolute atomic E-state index is 12.2. The molecule has 0 saturated heterocycles. The van der Waals surface area contributed by atoms with Crippen LogP contribution in [0.2, 0.25) is 0 Å². The number of rotatable bonds is 6. The molecule has 1 aromatic carbocycles. The summed E-state index contributed by atoms with van der Waals surface area (Å²) in [7, 11) is 0. The van der Waals surface area contributed by atoms with Crippen LogP contribution in [-0.4, -0.2) is 26.9 Å². The van der Waals surface area contributed by atoms with Gasteiger partial charge in [-0.15, -0.1) is 0 Å². The van der Waals surface area contributed by atoms with Gasteiger partial charge in [-0.3, -0.25) is 24.3 Å². The van der Waals surface area contributed by atoms with Gasteiger partial charge < -0.3 is 5.32 Å². The van der Waals surface area contributed by atoms with Gasteiger partial charge >= 0.3 is 0 Å². The van der Waals surface area contributed by atoms with Gasteiger partial charge in [0.2, 0.25) is 5.91 Å². The highest BCUT2D eigenvalue weighted by atomic mass is 16.6. The maximum Gasteiger partial charge on any atom is 0.271 e. The second-order valence-electron chi connectivity index (χ2n) is 4.84. The molecule has 0 aliphatic carbocycles. The Bertz CT molecular complexity index is 769. The Labute approximate surface area is 125 Å². The number of aromatic nitrogens is 2. The van der Waals surface area contributed by atoms with Crippen LogP contribution in [0.15, 0.2) is 29.3 Å². The topological polar surface area (TPSA) is 107 Å². The smallest absolute Gasteiger partial charge is 0.271 e. The molecule has 116 valence electrons. The summed E-state index contributed by atoms with van der Waals surface area (Å²) in [4.78, 5) is 38.2. The second-order valence-corrected chi connectivity index (χ2v) is 4.84. The third-order valence-corrected chi connectivity index (χ3v) is 3.19. The van der Waals surface area contributed by atoms with E-state index in [0.29, 0.717) is 6.54 Å². The molecule has 0 unspecified atom stereocenters. The molecule has 8 heteroatoms. The molecule has 0 spiro atoms. The number of hydrogen-bond donors (Lipinski definition) is 1. The molecule has 0 bridgehead atoms. The molecule has 0 aliphatic heterocycles. The molecule has 0 radical (unpaired) electrons. The lowest BCUT2D eigenvalue weighted by Crippen LogP contribution is -2.32. The summed E-state index contributed by atoms with van der Waals surface area (Å²) in [6.45, 7) is 2.46. The number of carbonyl (C=O) groups is 1. The zero-order valence-electron chi connectivity index (χ0n) is 12.1. The molecule has 1 heterocycles. The van der Waals surface area contributed by atoms with E-state index in [1.54, 1.807) is 0 Å². The zero-order chi connectivity index (χ0) is 16.1. The molecule has 0 atom stereocenters. The summed E-state index contributed by atoms with van der Waals surface area (Å²) in [6, 6.07) is 3.84. The van der Waals surface area contributed by atoms with Crippen LogP contribution < -0.4 is 10.9 Å². The first-order chi connectivity index (χ1) is 10.5. The Morgan fingerprint density at radius 3 is 2.91 bits per heavy atom. The predicted molar refractivity (Wildman–Crippen MR) is 80.6 cm³/mol. The van der Waals surface area contributed by atoms with E-state index in [1.165, 1.54) is 29.1 Å². The van der Waals surface area contributed by atoms with Crippen molar-refractivity contribution in [1.29, 1.82) is 0 Å². The van der Waals surface area contributed by atoms with Crippen LogP contribution in [0, 0.1) is 10.1 Å². The third kappa shape index (κ3) is 3.46. The molecule has 0 aliphatic rings. The number of amides is 1. The predicted octanol–water partition coefficient (Wildman–Crippen LogP) is 1.22. The second kappa shape index (κ2) is 6.79. The van der Waals surface area contributed by atoms with Gasteiger partial charge in [-0.1, -0.05) is 13.3 Å². The fourth-order valence-electron chi connectivity index (χ4n) is 1.99. The molecule has 1 aromatic heterocycles. The van der Waals surface area contributed by atoms with Crippen LogP contribution >= 0.6 is 0 Å². The Balaban J connectivity index is 2.24. The Morgan fingerprint density at radius 1 is 1.45 bits per heavy atom. The van der Waals surface area contributed by atoms with E-state index in [-0.39, 0.29) is 29.0 Å². The zero-order valence-corrected chi connectivity index (χ0v) is 12.1. The number of unbranched alkanes of at least 4 members (excludes halogenated alkanes) is 1. The van der Waals surface area contributed by atoms with Crippen molar-refractivity contribution in [2.24, 2.45) is 0 Å². The number of benzene rings is 1. The molecule has 1 amide bonds. The first kappa shape index (κ1) is 15.6. The largest absolute Gasteiger partial charge is 0.355 e. The molecule has 0 fully saturated rings. The van der Waals surface area contributed by atoms with E-state index in [9.17, 15) is 19.7 Å². The van der Waals surface area contributed by atoms with Crippen molar-refractivity contribution in [3.63, 3.8) is 0 Å². The summed E-state index contributed by atoms with van der Waals surface area (Å²) >= 11 is 0. The number of non-ortho nitro benzene ring substituents is 1. The van der Waals surface area contributed by atoms with E-state index in [0.717, 1.165) is 12.8 Å². The molecule has 22 heavy (non-hydrogen) atoms. The number of carbonyl (C=O) groups excluding carboxylic acids is 1. The monoisotopic (exact) mass is 304 g/mol. The van der Waals surface area contributed by atoms with Crippen molar-refractivity contribution in [2.75, 3.05) is 6.54 Å². The van der Waals surface area contributed by atoms with Crippen LogP contribution in [0.1, 0.15) is 19.8 Å². The van der Waals surface area contributed by atoms with Crippen molar-refractivity contribution in [3.05, 3.63) is 45.0 Å². The molecule has 1 N–H and O–H groups in total. The molecule has 8 nitrogen and oxygen atoms in total. The van der Waals surface area contributed by atoms with Gasteiger partial charge in [0.1, 0.15) is 6.54 Å². The van der Waals surface area contributed by atoms with Gasteiger partial charge in [0.25, 0.3) is 11.2 Å². The summed E-state index contributed by atoms with van der Waals surface area (Å²) in [5.41, 5.74) is -0.290. The van der Waals surface area contributed by atoms with E-state index in [4.69, 9.17) is 0 Å². The maximum atomic E-state index is 12.2. The number of nitro groups is 1. The number of fused-ring (bicyclic) bond motifs is 1. The lowest BCUT2D eigenvalue weighted by molar-refractivity contribution is -0.384. The van der Waals surface area contributed by atoms with Crippen molar-refractivity contribution in [2.45, 2.75) is 26.3 Å². The molecular weight excluding hydrogens is 288 g/mol. The Hall–Kier alpha value is -2.77. The third-order valence-electron chi connectivity index (χ3n) is 3.19. The van der Waals surface area contributed by atoms with Gasteiger partial charge in [-0.05, 0) is 12.5 Å². The molecule has 2 aromatic rings. The van der Waals surface area contributed by atoms with Crippen LogP contribution in [0.4, 0.5) is 5.69 Å². The summed E-state index contributed by atoms with van der Waals surface area (Å²) < 4.78 is 1.19. The molecular formula is C14H16N4O4. The minimum Gasteiger partial charge on any atom is -0.355 e. The Kier molecular flexibility index (Phi) is 4.82. The van der Waals surface area contributed by atoms with Crippen molar-refractivity contribution in [1.82, 2.24) is 14.9 Å². The standard InChI is InChI=1S/C14H16N4O4/c1-2-3-6-15-13(19)8-17-9-16-12-7-10(18(21)22)4-5-11(12)14(17)20/h4-5,7,9H,2-3,6,8H2,1H3,(H,15,19). The lowest BCUT2D eigenvalue weighted by Gasteiger charge is -2.07. The van der Waals surface area contributed by atoms with Crippen molar-refractivity contribution in [3.8, 4) is 0 Å². The van der Waals surface area contributed by atoms with Gasteiger partial charge in [0, 0.05) is 18.7 Å². The normalized spacial score (nSPS) is 10.6. The fourth-order valence-corrected chi connectivity index (χ4v) is 1.99. The minimum atomic E-state index is -0.548. The SMILES string of the molecule is CCCCNC(=O)Cn1cnc2cc([N+](=O)[O-])ccc2c1=O. The van der Waals surface area contributed by atoms with Gasteiger partial charge in [-0.2, -0.15) is 0 Å². The van der Waals surface area contributed by atoms with Gasteiger partial charge in [-0.25, -0.2) is 4.98 Å². The van der Waals surface area contributed by atoms with Crippen LogP contribution in [0.25, 0.3) is 10.9 Å². The quantitative estimate of drug-likeness (QED) is 0.490. The first-order valence-electron chi connectivity index (χ1n) is 6.93.